The molecule has 2 saturated heterocycles. The second kappa shape index (κ2) is 6.39. The smallest absolute Gasteiger partial charge is 0.227 e. The van der Waals surface area contributed by atoms with Gasteiger partial charge in [0.05, 0.1) is 24.8 Å². The first-order valence-corrected chi connectivity index (χ1v) is 8.65. The highest BCUT2D eigenvalue weighted by Gasteiger charge is 2.31. The molecule has 128 valence electrons. The normalized spacial score (nSPS) is 22.1. The molecule has 0 spiro atoms. The van der Waals surface area contributed by atoms with Crippen LogP contribution in [0.4, 0.5) is 5.82 Å². The van der Waals surface area contributed by atoms with Gasteiger partial charge in [0, 0.05) is 38.6 Å². The minimum Gasteiger partial charge on any atom is -0.378 e. The number of carbonyl (C=O) groups excluding carboxylic acids is 1. The van der Waals surface area contributed by atoms with Crippen molar-refractivity contribution in [2.24, 2.45) is 5.92 Å². The summed E-state index contributed by atoms with van der Waals surface area (Å²) >= 11 is 0. The molecule has 1 unspecified atom stereocenters. The highest BCUT2D eigenvalue weighted by Crippen LogP contribution is 2.26. The summed E-state index contributed by atoms with van der Waals surface area (Å²) in [6, 6.07) is 2.05. The average Bonchev–Trinajstić information content (AvgIpc) is 3.02. The first-order valence-electron chi connectivity index (χ1n) is 8.65. The lowest BCUT2D eigenvalue weighted by Gasteiger charge is -2.36. The van der Waals surface area contributed by atoms with Gasteiger partial charge >= 0.3 is 0 Å². The molecular weight excluding hydrogens is 306 g/mol. The van der Waals surface area contributed by atoms with Crippen LogP contribution in [-0.2, 0) is 9.53 Å². The van der Waals surface area contributed by atoms with Crippen molar-refractivity contribution in [3.8, 4) is 0 Å². The molecule has 7 nitrogen and oxygen atoms in total. The number of amides is 1. The molecule has 2 aromatic rings. The number of fused-ring (bicyclic) bond motifs is 1. The van der Waals surface area contributed by atoms with Crippen LogP contribution >= 0.6 is 0 Å². The van der Waals surface area contributed by atoms with E-state index in [1.165, 1.54) is 0 Å². The van der Waals surface area contributed by atoms with E-state index in [1.807, 2.05) is 22.5 Å². The molecule has 2 aromatic heterocycles. The van der Waals surface area contributed by atoms with E-state index in [2.05, 4.69) is 21.0 Å². The van der Waals surface area contributed by atoms with Crippen LogP contribution in [-0.4, -0.2) is 64.8 Å². The van der Waals surface area contributed by atoms with Gasteiger partial charge in [-0.25, -0.2) is 9.50 Å². The second-order valence-electron chi connectivity index (χ2n) is 6.59. The van der Waals surface area contributed by atoms with Crippen LogP contribution in [0.1, 0.15) is 18.5 Å². The summed E-state index contributed by atoms with van der Waals surface area (Å²) in [6.07, 6.45) is 5.61. The summed E-state index contributed by atoms with van der Waals surface area (Å²) in [5.41, 5.74) is 1.98. The number of piperidine rings is 1. The molecule has 0 bridgehead atoms. The molecule has 2 aliphatic heterocycles. The van der Waals surface area contributed by atoms with E-state index in [1.54, 1.807) is 6.20 Å². The Morgan fingerprint density at radius 2 is 2.12 bits per heavy atom. The fraction of sp³-hybridized carbons (Fsp3) is 0.588. The highest BCUT2D eigenvalue weighted by molar-refractivity contribution is 5.80. The van der Waals surface area contributed by atoms with E-state index in [0.717, 1.165) is 43.0 Å². The van der Waals surface area contributed by atoms with Crippen molar-refractivity contribution in [3.63, 3.8) is 0 Å². The molecule has 0 saturated carbocycles. The Kier molecular flexibility index (Phi) is 4.10. The van der Waals surface area contributed by atoms with Crippen LogP contribution in [0, 0.1) is 12.8 Å². The number of rotatable bonds is 2. The summed E-state index contributed by atoms with van der Waals surface area (Å²) < 4.78 is 7.22. The van der Waals surface area contributed by atoms with E-state index < -0.39 is 0 Å². The molecule has 2 aliphatic rings. The van der Waals surface area contributed by atoms with E-state index in [-0.39, 0.29) is 11.8 Å². The van der Waals surface area contributed by atoms with E-state index in [0.29, 0.717) is 26.3 Å². The fourth-order valence-electron chi connectivity index (χ4n) is 3.69. The Bertz CT molecular complexity index is 738. The van der Waals surface area contributed by atoms with Crippen molar-refractivity contribution in [1.82, 2.24) is 19.5 Å². The Balaban J connectivity index is 1.54. The van der Waals surface area contributed by atoms with Crippen LogP contribution in [0.25, 0.3) is 5.52 Å². The lowest BCUT2D eigenvalue weighted by Crippen LogP contribution is -2.48. The summed E-state index contributed by atoms with van der Waals surface area (Å²) in [5, 5.41) is 4.46. The number of aryl methyl sites for hydroxylation is 1. The lowest BCUT2D eigenvalue weighted by molar-refractivity contribution is -0.139. The minimum atomic E-state index is 0.0444. The van der Waals surface area contributed by atoms with Crippen molar-refractivity contribution in [1.29, 1.82) is 0 Å². The number of hydrogen-bond donors (Lipinski definition) is 0. The summed E-state index contributed by atoms with van der Waals surface area (Å²) in [7, 11) is 0. The van der Waals surface area contributed by atoms with Crippen molar-refractivity contribution in [3.05, 3.63) is 24.2 Å². The number of carbonyl (C=O) groups is 1. The zero-order chi connectivity index (χ0) is 16.5. The van der Waals surface area contributed by atoms with Gasteiger partial charge in [-0.15, -0.1) is 0 Å². The molecule has 0 radical (unpaired) electrons. The van der Waals surface area contributed by atoms with Gasteiger partial charge in [-0.1, -0.05) is 0 Å². The molecule has 1 amide bonds. The predicted octanol–water partition coefficient (Wildman–Crippen LogP) is 1.11. The number of morpholine rings is 1. The van der Waals surface area contributed by atoms with Gasteiger partial charge in [-0.05, 0) is 25.8 Å². The Labute approximate surface area is 141 Å². The standard InChI is InChI=1S/C17H23N5O2/c1-13-11-15-16(18-4-6-22(15)19-13)21-5-2-3-14(12-21)17(23)20-7-9-24-10-8-20/h4,6,11,14H,2-3,5,7-10,12H2,1H3. The molecule has 0 N–H and O–H groups in total. The van der Waals surface area contributed by atoms with Gasteiger partial charge < -0.3 is 14.5 Å². The molecule has 0 aliphatic carbocycles. The van der Waals surface area contributed by atoms with Gasteiger partial charge in [0.1, 0.15) is 5.52 Å². The van der Waals surface area contributed by atoms with E-state index in [9.17, 15) is 4.79 Å². The Morgan fingerprint density at radius 3 is 2.96 bits per heavy atom. The number of ether oxygens (including phenoxy) is 1. The fourth-order valence-corrected chi connectivity index (χ4v) is 3.69. The Morgan fingerprint density at radius 1 is 1.29 bits per heavy atom. The summed E-state index contributed by atoms with van der Waals surface area (Å²) in [4.78, 5) is 21.6. The highest BCUT2D eigenvalue weighted by atomic mass is 16.5. The SMILES string of the molecule is Cc1cc2c(N3CCCC(C(=O)N4CCOCC4)C3)nccn2n1. The molecule has 24 heavy (non-hydrogen) atoms. The molecule has 2 fully saturated rings. The van der Waals surface area contributed by atoms with Crippen LogP contribution in [0.2, 0.25) is 0 Å². The van der Waals surface area contributed by atoms with Gasteiger partial charge in [-0.2, -0.15) is 5.10 Å². The third-order valence-corrected chi connectivity index (χ3v) is 4.88. The monoisotopic (exact) mass is 329 g/mol. The summed E-state index contributed by atoms with van der Waals surface area (Å²) in [5.74, 6) is 1.24. The molecule has 4 rings (SSSR count). The van der Waals surface area contributed by atoms with Gasteiger partial charge in [0.2, 0.25) is 5.91 Å². The first kappa shape index (κ1) is 15.4. The van der Waals surface area contributed by atoms with Gasteiger partial charge in [-0.3, -0.25) is 4.79 Å². The third kappa shape index (κ3) is 2.84. The zero-order valence-corrected chi connectivity index (χ0v) is 14.0. The van der Waals surface area contributed by atoms with E-state index >= 15 is 0 Å². The summed E-state index contributed by atoms with van der Waals surface area (Å²) in [6.45, 7) is 6.38. The quantitative estimate of drug-likeness (QED) is 0.826. The molecule has 0 aromatic carbocycles. The molecule has 1 atom stereocenters. The minimum absolute atomic E-state index is 0.0444. The predicted molar refractivity (Wildman–Crippen MR) is 90.1 cm³/mol. The van der Waals surface area contributed by atoms with Crippen LogP contribution in [0.5, 0.6) is 0 Å². The molecular formula is C17H23N5O2. The largest absolute Gasteiger partial charge is 0.378 e. The topological polar surface area (TPSA) is 63.0 Å². The number of anilines is 1. The molecule has 4 heterocycles. The first-order chi connectivity index (χ1) is 11.7. The average molecular weight is 329 g/mol. The second-order valence-corrected chi connectivity index (χ2v) is 6.59. The molecule has 7 heteroatoms. The van der Waals surface area contributed by atoms with Crippen LogP contribution in [0.3, 0.4) is 0 Å². The van der Waals surface area contributed by atoms with Crippen molar-refractivity contribution in [2.45, 2.75) is 19.8 Å². The maximum atomic E-state index is 12.8. The van der Waals surface area contributed by atoms with Gasteiger partial charge in [0.15, 0.2) is 5.82 Å². The zero-order valence-electron chi connectivity index (χ0n) is 14.0. The number of hydrogen-bond acceptors (Lipinski definition) is 5. The number of nitrogens with zero attached hydrogens (tertiary/aromatic N) is 5. The van der Waals surface area contributed by atoms with Crippen molar-refractivity contribution >= 4 is 17.2 Å². The third-order valence-electron chi connectivity index (χ3n) is 4.88. The number of aromatic nitrogens is 3. The van der Waals surface area contributed by atoms with Crippen molar-refractivity contribution in [2.75, 3.05) is 44.3 Å². The van der Waals surface area contributed by atoms with Crippen molar-refractivity contribution < 1.29 is 9.53 Å². The van der Waals surface area contributed by atoms with Crippen LogP contribution in [0.15, 0.2) is 18.5 Å². The van der Waals surface area contributed by atoms with E-state index in [4.69, 9.17) is 4.74 Å². The lowest BCUT2D eigenvalue weighted by atomic mass is 9.96. The maximum absolute atomic E-state index is 12.8. The van der Waals surface area contributed by atoms with Gasteiger partial charge in [0.25, 0.3) is 0 Å². The maximum Gasteiger partial charge on any atom is 0.227 e. The van der Waals surface area contributed by atoms with Crippen LogP contribution < -0.4 is 4.90 Å². The Hall–Kier alpha value is -2.15.